The Kier molecular flexibility index (Phi) is 4.62. The van der Waals surface area contributed by atoms with Gasteiger partial charge in [-0.05, 0) is 16.3 Å². The average Bonchev–Trinajstić information content (AvgIpc) is 2.41. The molecule has 0 aliphatic rings. The minimum Gasteiger partial charge on any atom is -0.386 e. The molecule has 0 aliphatic heterocycles. The van der Waals surface area contributed by atoms with Crippen LogP contribution in [0.5, 0.6) is 0 Å². The zero-order valence-corrected chi connectivity index (χ0v) is 10.7. The Labute approximate surface area is 114 Å². The van der Waals surface area contributed by atoms with Crippen LogP contribution in [0.2, 0.25) is 0 Å². The van der Waals surface area contributed by atoms with Crippen LogP contribution < -0.4 is 0 Å². The standard InChI is InChI=1S/C15H15F3O2/c16-15(17,18)8-9-20-10-14(19)13-7-3-5-11-4-1-2-6-12(11)13/h1-7,14,19H,8-10H2. The molecular weight excluding hydrogens is 269 g/mol. The van der Waals surface area contributed by atoms with Crippen molar-refractivity contribution in [1.29, 1.82) is 0 Å². The number of aliphatic hydroxyl groups is 1. The molecule has 0 saturated carbocycles. The highest BCUT2D eigenvalue weighted by Gasteiger charge is 2.26. The molecule has 2 aromatic rings. The van der Waals surface area contributed by atoms with Gasteiger partial charge in [-0.15, -0.1) is 0 Å². The summed E-state index contributed by atoms with van der Waals surface area (Å²) in [4.78, 5) is 0. The predicted octanol–water partition coefficient (Wildman–Crippen LogP) is 3.84. The second kappa shape index (κ2) is 6.24. The van der Waals surface area contributed by atoms with E-state index in [9.17, 15) is 18.3 Å². The van der Waals surface area contributed by atoms with E-state index in [2.05, 4.69) is 0 Å². The van der Waals surface area contributed by atoms with Crippen LogP contribution in [0.3, 0.4) is 0 Å². The van der Waals surface area contributed by atoms with E-state index in [0.717, 1.165) is 10.8 Å². The molecule has 0 amide bonds. The third-order valence-electron chi connectivity index (χ3n) is 2.99. The maximum Gasteiger partial charge on any atom is 0.391 e. The molecule has 0 saturated heterocycles. The molecule has 5 heteroatoms. The molecule has 0 bridgehead atoms. The lowest BCUT2D eigenvalue weighted by Crippen LogP contribution is -2.14. The summed E-state index contributed by atoms with van der Waals surface area (Å²) >= 11 is 0. The molecule has 0 radical (unpaired) electrons. The van der Waals surface area contributed by atoms with Crippen molar-refractivity contribution in [3.63, 3.8) is 0 Å². The van der Waals surface area contributed by atoms with Gasteiger partial charge in [0.25, 0.3) is 0 Å². The molecule has 108 valence electrons. The fourth-order valence-corrected chi connectivity index (χ4v) is 2.01. The van der Waals surface area contributed by atoms with Crippen molar-refractivity contribution in [2.45, 2.75) is 18.7 Å². The fraction of sp³-hybridized carbons (Fsp3) is 0.333. The largest absolute Gasteiger partial charge is 0.391 e. The van der Waals surface area contributed by atoms with Crippen LogP contribution in [0.25, 0.3) is 10.8 Å². The predicted molar refractivity (Wildman–Crippen MR) is 70.4 cm³/mol. The molecule has 0 heterocycles. The Balaban J connectivity index is 1.99. The van der Waals surface area contributed by atoms with E-state index in [0.29, 0.717) is 5.56 Å². The van der Waals surface area contributed by atoms with Crippen LogP contribution in [0, 0.1) is 0 Å². The SMILES string of the molecule is OC(COCCC(F)(F)F)c1cccc2ccccc12. The zero-order chi connectivity index (χ0) is 14.6. The van der Waals surface area contributed by atoms with Crippen molar-refractivity contribution in [3.05, 3.63) is 48.0 Å². The van der Waals surface area contributed by atoms with Gasteiger partial charge in [-0.25, -0.2) is 0 Å². The van der Waals surface area contributed by atoms with Gasteiger partial charge in [0.2, 0.25) is 0 Å². The zero-order valence-electron chi connectivity index (χ0n) is 10.7. The summed E-state index contributed by atoms with van der Waals surface area (Å²) in [7, 11) is 0. The number of hydrogen-bond donors (Lipinski definition) is 1. The van der Waals surface area contributed by atoms with Gasteiger partial charge in [-0.3, -0.25) is 0 Å². The quantitative estimate of drug-likeness (QED) is 0.845. The lowest BCUT2D eigenvalue weighted by molar-refractivity contribution is -0.147. The minimum atomic E-state index is -4.23. The highest BCUT2D eigenvalue weighted by Crippen LogP contribution is 2.25. The minimum absolute atomic E-state index is 0.149. The van der Waals surface area contributed by atoms with Gasteiger partial charge in [0, 0.05) is 0 Å². The van der Waals surface area contributed by atoms with Crippen molar-refractivity contribution in [3.8, 4) is 0 Å². The van der Waals surface area contributed by atoms with Crippen LogP contribution in [-0.4, -0.2) is 24.5 Å². The van der Waals surface area contributed by atoms with Gasteiger partial charge < -0.3 is 9.84 Å². The Bertz CT molecular complexity index is 561. The van der Waals surface area contributed by atoms with E-state index < -0.39 is 25.3 Å². The number of hydrogen-bond acceptors (Lipinski definition) is 2. The van der Waals surface area contributed by atoms with Gasteiger partial charge in [0.1, 0.15) is 6.10 Å². The molecular formula is C15H15F3O2. The van der Waals surface area contributed by atoms with Crippen LogP contribution in [0.4, 0.5) is 13.2 Å². The smallest absolute Gasteiger partial charge is 0.386 e. The van der Waals surface area contributed by atoms with Gasteiger partial charge in [0.05, 0.1) is 19.6 Å². The number of rotatable bonds is 5. The second-order valence-electron chi connectivity index (χ2n) is 4.52. The first kappa shape index (κ1) is 14.8. The molecule has 2 nitrogen and oxygen atoms in total. The molecule has 1 N–H and O–H groups in total. The monoisotopic (exact) mass is 284 g/mol. The van der Waals surface area contributed by atoms with Crippen LogP contribution >= 0.6 is 0 Å². The summed E-state index contributed by atoms with van der Waals surface area (Å²) in [5, 5.41) is 11.9. The van der Waals surface area contributed by atoms with E-state index in [4.69, 9.17) is 4.74 Å². The molecule has 2 rings (SSSR count). The molecule has 2 aromatic carbocycles. The van der Waals surface area contributed by atoms with Crippen LogP contribution in [0.1, 0.15) is 18.1 Å². The Morgan fingerprint density at radius 3 is 2.50 bits per heavy atom. The van der Waals surface area contributed by atoms with Crippen LogP contribution in [0.15, 0.2) is 42.5 Å². The van der Waals surface area contributed by atoms with E-state index in [1.807, 2.05) is 30.3 Å². The Morgan fingerprint density at radius 1 is 1.05 bits per heavy atom. The number of benzene rings is 2. The van der Waals surface area contributed by atoms with Crippen molar-refractivity contribution in [1.82, 2.24) is 0 Å². The van der Waals surface area contributed by atoms with E-state index in [1.165, 1.54) is 0 Å². The first-order valence-corrected chi connectivity index (χ1v) is 6.27. The third kappa shape index (κ3) is 3.95. The van der Waals surface area contributed by atoms with E-state index in [1.54, 1.807) is 12.1 Å². The molecule has 0 aromatic heterocycles. The lowest BCUT2D eigenvalue weighted by atomic mass is 10.0. The number of fused-ring (bicyclic) bond motifs is 1. The summed E-state index contributed by atoms with van der Waals surface area (Å²) < 4.78 is 40.8. The van der Waals surface area contributed by atoms with E-state index in [-0.39, 0.29) is 6.61 Å². The average molecular weight is 284 g/mol. The molecule has 1 atom stereocenters. The summed E-state index contributed by atoms with van der Waals surface area (Å²) in [6.07, 6.45) is -6.17. The van der Waals surface area contributed by atoms with Crippen molar-refractivity contribution < 1.29 is 23.0 Å². The number of aliphatic hydroxyl groups excluding tert-OH is 1. The Morgan fingerprint density at radius 2 is 1.75 bits per heavy atom. The van der Waals surface area contributed by atoms with Crippen LogP contribution in [-0.2, 0) is 4.74 Å². The third-order valence-corrected chi connectivity index (χ3v) is 2.99. The Hall–Kier alpha value is -1.59. The van der Waals surface area contributed by atoms with Crippen molar-refractivity contribution in [2.75, 3.05) is 13.2 Å². The van der Waals surface area contributed by atoms with Crippen molar-refractivity contribution in [2.24, 2.45) is 0 Å². The maximum absolute atomic E-state index is 12.0. The van der Waals surface area contributed by atoms with Gasteiger partial charge in [-0.2, -0.15) is 13.2 Å². The molecule has 1 unspecified atom stereocenters. The first-order chi connectivity index (χ1) is 9.47. The van der Waals surface area contributed by atoms with Gasteiger partial charge in [0.15, 0.2) is 0 Å². The molecule has 20 heavy (non-hydrogen) atoms. The summed E-state index contributed by atoms with van der Waals surface area (Å²) in [5.41, 5.74) is 0.662. The molecule has 0 fully saturated rings. The number of alkyl halides is 3. The number of ether oxygens (including phenoxy) is 1. The summed E-state index contributed by atoms with van der Waals surface area (Å²) in [5.74, 6) is 0. The number of halogens is 3. The first-order valence-electron chi connectivity index (χ1n) is 6.27. The van der Waals surface area contributed by atoms with E-state index >= 15 is 0 Å². The fourth-order valence-electron chi connectivity index (χ4n) is 2.01. The van der Waals surface area contributed by atoms with Gasteiger partial charge >= 0.3 is 6.18 Å². The van der Waals surface area contributed by atoms with Gasteiger partial charge in [-0.1, -0.05) is 42.5 Å². The summed E-state index contributed by atoms with van der Waals surface area (Å²) in [6.45, 7) is -0.588. The molecule has 0 aliphatic carbocycles. The topological polar surface area (TPSA) is 29.5 Å². The normalized spacial score (nSPS) is 13.6. The second-order valence-corrected chi connectivity index (χ2v) is 4.52. The molecule has 0 spiro atoms. The summed E-state index contributed by atoms with van der Waals surface area (Å²) in [6, 6.07) is 13.0. The maximum atomic E-state index is 12.0. The highest BCUT2D eigenvalue weighted by molar-refractivity contribution is 5.85. The van der Waals surface area contributed by atoms with Crippen molar-refractivity contribution >= 4 is 10.8 Å². The lowest BCUT2D eigenvalue weighted by Gasteiger charge is -2.14. The highest BCUT2D eigenvalue weighted by atomic mass is 19.4.